The largest absolute Gasteiger partial charge is 0.303 e. The van der Waals surface area contributed by atoms with Crippen LogP contribution in [-0.4, -0.2) is 6.29 Å². The second kappa shape index (κ2) is 2.29. The van der Waals surface area contributed by atoms with Gasteiger partial charge in [0.2, 0.25) is 0 Å². The summed E-state index contributed by atoms with van der Waals surface area (Å²) in [5, 5.41) is 0. The molecule has 0 aromatic carbocycles. The van der Waals surface area contributed by atoms with Gasteiger partial charge in [-0.3, -0.25) is 0 Å². The normalized spacial score (nSPS) is 37.6. The second-order valence-electron chi connectivity index (χ2n) is 2.81. The molecule has 0 bridgehead atoms. The van der Waals surface area contributed by atoms with E-state index in [4.69, 9.17) is 0 Å². The van der Waals surface area contributed by atoms with Crippen molar-refractivity contribution < 1.29 is 4.79 Å². The van der Waals surface area contributed by atoms with Crippen LogP contribution in [0.5, 0.6) is 0 Å². The van der Waals surface area contributed by atoms with Crippen LogP contribution in [0.2, 0.25) is 0 Å². The SMILES string of the molecule is C[C@H]1CC[C@H](C=O)C1. The molecule has 1 aliphatic rings. The first kappa shape index (κ1) is 5.80. The molecule has 1 saturated carbocycles. The monoisotopic (exact) mass is 112 g/mol. The maximum Gasteiger partial charge on any atom is 0.123 e. The first-order valence-electron chi connectivity index (χ1n) is 3.28. The molecule has 0 unspecified atom stereocenters. The van der Waals surface area contributed by atoms with Gasteiger partial charge < -0.3 is 4.79 Å². The van der Waals surface area contributed by atoms with Crippen molar-refractivity contribution in [2.45, 2.75) is 26.2 Å². The Morgan fingerprint density at radius 3 is 2.50 bits per heavy atom. The molecule has 1 aliphatic carbocycles. The number of rotatable bonds is 1. The van der Waals surface area contributed by atoms with Crippen LogP contribution in [0.1, 0.15) is 26.2 Å². The van der Waals surface area contributed by atoms with Crippen molar-refractivity contribution in [1.29, 1.82) is 0 Å². The van der Waals surface area contributed by atoms with Gasteiger partial charge in [-0.05, 0) is 18.8 Å². The first-order chi connectivity index (χ1) is 3.83. The molecular weight excluding hydrogens is 100 g/mol. The lowest BCUT2D eigenvalue weighted by Gasteiger charge is -1.95. The molecule has 0 saturated heterocycles. The van der Waals surface area contributed by atoms with Crippen molar-refractivity contribution >= 4 is 6.29 Å². The van der Waals surface area contributed by atoms with Crippen molar-refractivity contribution in [3.05, 3.63) is 0 Å². The van der Waals surface area contributed by atoms with Crippen LogP contribution in [0.15, 0.2) is 0 Å². The average molecular weight is 112 g/mol. The second-order valence-corrected chi connectivity index (χ2v) is 2.81. The van der Waals surface area contributed by atoms with E-state index in [-0.39, 0.29) is 0 Å². The third kappa shape index (κ3) is 1.09. The fourth-order valence-electron chi connectivity index (χ4n) is 1.37. The van der Waals surface area contributed by atoms with Crippen molar-refractivity contribution in [2.24, 2.45) is 11.8 Å². The number of carbonyl (C=O) groups excluding carboxylic acids is 1. The molecule has 1 heteroatoms. The van der Waals surface area contributed by atoms with Gasteiger partial charge in [0.15, 0.2) is 0 Å². The van der Waals surface area contributed by atoms with Gasteiger partial charge in [0.05, 0.1) is 0 Å². The molecule has 0 aliphatic heterocycles. The van der Waals surface area contributed by atoms with E-state index in [1.54, 1.807) is 0 Å². The first-order valence-corrected chi connectivity index (χ1v) is 3.28. The molecule has 0 amide bonds. The zero-order valence-corrected chi connectivity index (χ0v) is 5.26. The molecule has 1 nitrogen and oxygen atoms in total. The van der Waals surface area contributed by atoms with Crippen LogP contribution < -0.4 is 0 Å². The average Bonchev–Trinajstić information content (AvgIpc) is 2.14. The van der Waals surface area contributed by atoms with Crippen molar-refractivity contribution in [3.63, 3.8) is 0 Å². The summed E-state index contributed by atoms with van der Waals surface area (Å²) in [6, 6.07) is 0. The Hall–Kier alpha value is -0.330. The molecule has 1 rings (SSSR count). The van der Waals surface area contributed by atoms with Gasteiger partial charge in [-0.2, -0.15) is 0 Å². The Labute approximate surface area is 50.1 Å². The maximum absolute atomic E-state index is 10.2. The summed E-state index contributed by atoms with van der Waals surface area (Å²) in [6.45, 7) is 2.21. The van der Waals surface area contributed by atoms with E-state index < -0.39 is 0 Å². The van der Waals surface area contributed by atoms with E-state index in [1.807, 2.05) is 0 Å². The fraction of sp³-hybridized carbons (Fsp3) is 0.857. The van der Waals surface area contributed by atoms with E-state index in [0.29, 0.717) is 5.92 Å². The molecule has 46 valence electrons. The Bertz CT molecular complexity index is 88.4. The highest BCUT2D eigenvalue weighted by molar-refractivity contribution is 5.53. The Morgan fingerprint density at radius 1 is 1.50 bits per heavy atom. The van der Waals surface area contributed by atoms with Crippen LogP contribution in [-0.2, 0) is 4.79 Å². The topological polar surface area (TPSA) is 17.1 Å². The summed E-state index contributed by atoms with van der Waals surface area (Å²) in [5.41, 5.74) is 0. The highest BCUT2D eigenvalue weighted by Gasteiger charge is 2.19. The van der Waals surface area contributed by atoms with E-state index in [2.05, 4.69) is 6.92 Å². The zero-order valence-electron chi connectivity index (χ0n) is 5.26. The minimum absolute atomic E-state index is 0.394. The lowest BCUT2D eigenvalue weighted by atomic mass is 10.1. The number of carbonyl (C=O) groups is 1. The molecule has 0 aromatic rings. The maximum atomic E-state index is 10.2. The Morgan fingerprint density at radius 2 is 2.25 bits per heavy atom. The number of aldehydes is 1. The highest BCUT2D eigenvalue weighted by atomic mass is 16.1. The molecule has 0 radical (unpaired) electrons. The van der Waals surface area contributed by atoms with E-state index in [0.717, 1.165) is 25.0 Å². The Kier molecular flexibility index (Phi) is 1.66. The van der Waals surface area contributed by atoms with Crippen LogP contribution >= 0.6 is 0 Å². The van der Waals surface area contributed by atoms with E-state index >= 15 is 0 Å². The van der Waals surface area contributed by atoms with Crippen molar-refractivity contribution in [2.75, 3.05) is 0 Å². The molecular formula is C7H12O. The van der Waals surface area contributed by atoms with Crippen LogP contribution in [0.4, 0.5) is 0 Å². The Balaban J connectivity index is 2.32. The fourth-order valence-corrected chi connectivity index (χ4v) is 1.37. The molecule has 0 N–H and O–H groups in total. The van der Waals surface area contributed by atoms with Gasteiger partial charge in [-0.15, -0.1) is 0 Å². The summed E-state index contributed by atoms with van der Waals surface area (Å²) in [5.74, 6) is 1.19. The molecule has 0 heterocycles. The molecule has 0 aromatic heterocycles. The summed E-state index contributed by atoms with van der Waals surface area (Å²) in [4.78, 5) is 10.2. The van der Waals surface area contributed by atoms with Gasteiger partial charge in [-0.1, -0.05) is 13.3 Å². The predicted octanol–water partition coefficient (Wildman–Crippen LogP) is 1.62. The van der Waals surface area contributed by atoms with E-state index in [9.17, 15) is 4.79 Å². The molecule has 2 atom stereocenters. The summed E-state index contributed by atoms with van der Waals surface area (Å²) in [6.07, 6.45) is 4.61. The lowest BCUT2D eigenvalue weighted by molar-refractivity contribution is -0.110. The van der Waals surface area contributed by atoms with E-state index in [1.165, 1.54) is 6.42 Å². The van der Waals surface area contributed by atoms with Crippen molar-refractivity contribution in [3.8, 4) is 0 Å². The van der Waals surface area contributed by atoms with Gasteiger partial charge in [0.25, 0.3) is 0 Å². The predicted molar refractivity (Wildman–Crippen MR) is 32.6 cm³/mol. The van der Waals surface area contributed by atoms with Gasteiger partial charge in [-0.25, -0.2) is 0 Å². The molecule has 0 spiro atoms. The third-order valence-corrected chi connectivity index (χ3v) is 1.93. The van der Waals surface area contributed by atoms with Crippen molar-refractivity contribution in [1.82, 2.24) is 0 Å². The van der Waals surface area contributed by atoms with Gasteiger partial charge >= 0.3 is 0 Å². The molecule has 1 fully saturated rings. The third-order valence-electron chi connectivity index (χ3n) is 1.93. The van der Waals surface area contributed by atoms with Crippen LogP contribution in [0, 0.1) is 11.8 Å². The minimum Gasteiger partial charge on any atom is -0.303 e. The highest BCUT2D eigenvalue weighted by Crippen LogP contribution is 2.28. The smallest absolute Gasteiger partial charge is 0.123 e. The number of hydrogen-bond donors (Lipinski definition) is 0. The lowest BCUT2D eigenvalue weighted by Crippen LogP contribution is -1.93. The summed E-state index contributed by atoms with van der Waals surface area (Å²) >= 11 is 0. The molecule has 8 heavy (non-hydrogen) atoms. The minimum atomic E-state index is 0.394. The number of hydrogen-bond acceptors (Lipinski definition) is 1. The zero-order chi connectivity index (χ0) is 5.98. The standard InChI is InChI=1S/C7H12O/c1-6-2-3-7(4-6)5-8/h5-7H,2-4H2,1H3/t6-,7-/m0/s1. The quantitative estimate of drug-likeness (QED) is 0.471. The summed E-state index contributed by atoms with van der Waals surface area (Å²) in [7, 11) is 0. The van der Waals surface area contributed by atoms with Gasteiger partial charge in [0, 0.05) is 5.92 Å². The van der Waals surface area contributed by atoms with Crippen LogP contribution in [0.25, 0.3) is 0 Å². The summed E-state index contributed by atoms with van der Waals surface area (Å²) < 4.78 is 0. The van der Waals surface area contributed by atoms with Crippen LogP contribution in [0.3, 0.4) is 0 Å². The van der Waals surface area contributed by atoms with Gasteiger partial charge in [0.1, 0.15) is 6.29 Å².